The zero-order chi connectivity index (χ0) is 20.2. The van der Waals surface area contributed by atoms with E-state index < -0.39 is 0 Å². The van der Waals surface area contributed by atoms with E-state index in [-0.39, 0.29) is 17.2 Å². The van der Waals surface area contributed by atoms with Crippen LogP contribution in [0.3, 0.4) is 0 Å². The number of aromatic nitrogens is 2. The lowest BCUT2D eigenvalue weighted by atomic mass is 10.1. The Morgan fingerprint density at radius 1 is 1.14 bits per heavy atom. The van der Waals surface area contributed by atoms with Crippen molar-refractivity contribution in [1.29, 1.82) is 0 Å². The van der Waals surface area contributed by atoms with Gasteiger partial charge in [0.1, 0.15) is 10.7 Å². The van der Waals surface area contributed by atoms with Crippen molar-refractivity contribution in [3.63, 3.8) is 0 Å². The van der Waals surface area contributed by atoms with Crippen LogP contribution in [0.4, 0.5) is 5.69 Å². The lowest BCUT2D eigenvalue weighted by Crippen LogP contribution is -2.15. The number of rotatable bonds is 6. The first-order chi connectivity index (χ1) is 14.1. The smallest absolute Gasteiger partial charge is 0.260 e. The summed E-state index contributed by atoms with van der Waals surface area (Å²) in [7, 11) is 0. The quantitative estimate of drug-likeness (QED) is 0.432. The third kappa shape index (κ3) is 4.70. The second-order valence-electron chi connectivity index (χ2n) is 6.26. The van der Waals surface area contributed by atoms with Gasteiger partial charge in [0.15, 0.2) is 0 Å². The zero-order valence-electron chi connectivity index (χ0n) is 15.1. The second-order valence-corrected chi connectivity index (χ2v) is 8.54. The Hall–Kier alpha value is -2.61. The van der Waals surface area contributed by atoms with Gasteiger partial charge in [-0.3, -0.25) is 9.59 Å². The van der Waals surface area contributed by atoms with Gasteiger partial charge in [-0.1, -0.05) is 41.9 Å². The largest absolute Gasteiger partial charge is 0.325 e. The number of aromatic amines is 1. The molecule has 0 radical (unpaired) electrons. The molecule has 0 saturated carbocycles. The van der Waals surface area contributed by atoms with Crippen molar-refractivity contribution in [3.8, 4) is 11.1 Å². The highest BCUT2D eigenvalue weighted by Crippen LogP contribution is 2.30. The normalized spacial score (nSPS) is 10.9. The van der Waals surface area contributed by atoms with Crippen LogP contribution in [-0.4, -0.2) is 21.6 Å². The van der Waals surface area contributed by atoms with E-state index in [4.69, 9.17) is 11.6 Å². The highest BCUT2D eigenvalue weighted by atomic mass is 35.5. The summed E-state index contributed by atoms with van der Waals surface area (Å²) in [5, 5.41) is 5.99. The summed E-state index contributed by atoms with van der Waals surface area (Å²) in [6.45, 7) is 0. The molecule has 4 rings (SSSR count). The highest BCUT2D eigenvalue weighted by Gasteiger charge is 2.13. The van der Waals surface area contributed by atoms with Gasteiger partial charge in [0, 0.05) is 21.7 Å². The van der Waals surface area contributed by atoms with Crippen LogP contribution in [0.5, 0.6) is 0 Å². The van der Waals surface area contributed by atoms with Crippen LogP contribution in [-0.2, 0) is 10.5 Å². The molecular formula is C21H16ClN3O2S2. The Labute approximate surface area is 180 Å². The van der Waals surface area contributed by atoms with Crippen LogP contribution in [0.25, 0.3) is 21.3 Å². The monoisotopic (exact) mass is 441 g/mol. The number of halogens is 1. The van der Waals surface area contributed by atoms with E-state index in [2.05, 4.69) is 15.3 Å². The van der Waals surface area contributed by atoms with Gasteiger partial charge in [-0.25, -0.2) is 4.98 Å². The molecular weight excluding hydrogens is 426 g/mol. The molecule has 8 heteroatoms. The number of carbonyl (C=O) groups excluding carboxylic acids is 1. The molecule has 2 heterocycles. The third-order valence-electron chi connectivity index (χ3n) is 4.18. The number of thiophene rings is 1. The molecule has 2 aromatic carbocycles. The van der Waals surface area contributed by atoms with Crippen molar-refractivity contribution < 1.29 is 4.79 Å². The molecule has 0 aliphatic heterocycles. The van der Waals surface area contributed by atoms with E-state index in [9.17, 15) is 9.59 Å². The molecule has 0 fully saturated rings. The Morgan fingerprint density at radius 3 is 2.66 bits per heavy atom. The minimum atomic E-state index is -0.156. The number of anilines is 1. The average molecular weight is 442 g/mol. The van der Waals surface area contributed by atoms with Gasteiger partial charge in [0.25, 0.3) is 5.56 Å². The van der Waals surface area contributed by atoms with Gasteiger partial charge in [-0.2, -0.15) is 0 Å². The predicted molar refractivity (Wildman–Crippen MR) is 122 cm³/mol. The molecule has 0 bridgehead atoms. The van der Waals surface area contributed by atoms with Crippen LogP contribution in [0.1, 0.15) is 5.82 Å². The van der Waals surface area contributed by atoms with Gasteiger partial charge in [0.05, 0.1) is 16.9 Å². The molecule has 0 spiro atoms. The summed E-state index contributed by atoms with van der Waals surface area (Å²) in [5.41, 5.74) is 2.42. The van der Waals surface area contributed by atoms with E-state index in [1.807, 2.05) is 35.7 Å². The molecule has 2 aromatic heterocycles. The number of H-pyrrole nitrogens is 1. The number of nitrogens with zero attached hydrogens (tertiary/aromatic N) is 1. The molecule has 0 aliphatic carbocycles. The first-order valence-electron chi connectivity index (χ1n) is 8.79. The zero-order valence-corrected chi connectivity index (χ0v) is 17.5. The fraction of sp³-hybridized carbons (Fsp3) is 0.0952. The van der Waals surface area contributed by atoms with Gasteiger partial charge >= 0.3 is 0 Å². The summed E-state index contributed by atoms with van der Waals surface area (Å²) in [5.74, 6) is 1.14. The minimum absolute atomic E-state index is 0.122. The van der Waals surface area contributed by atoms with Crippen molar-refractivity contribution in [1.82, 2.24) is 9.97 Å². The van der Waals surface area contributed by atoms with Gasteiger partial charge in [0.2, 0.25) is 5.91 Å². The predicted octanol–water partition coefficient (Wildman–Crippen LogP) is 5.18. The fourth-order valence-electron chi connectivity index (χ4n) is 2.86. The SMILES string of the molecule is O=C(CSCc1nc2scc(-c3ccccc3)c2c(=O)[nH]1)Nc1ccc(Cl)cc1. The van der Waals surface area contributed by atoms with E-state index in [0.717, 1.165) is 11.1 Å². The van der Waals surface area contributed by atoms with Crippen LogP contribution in [0.15, 0.2) is 64.8 Å². The first kappa shape index (κ1) is 19.7. The third-order valence-corrected chi connectivity index (χ3v) is 6.25. The number of amides is 1. The highest BCUT2D eigenvalue weighted by molar-refractivity contribution is 7.99. The van der Waals surface area contributed by atoms with E-state index in [0.29, 0.717) is 32.5 Å². The number of hydrogen-bond acceptors (Lipinski definition) is 5. The topological polar surface area (TPSA) is 74.8 Å². The Kier molecular flexibility index (Phi) is 5.99. The molecule has 0 saturated heterocycles. The minimum Gasteiger partial charge on any atom is -0.325 e. The molecule has 2 N–H and O–H groups in total. The maximum absolute atomic E-state index is 12.6. The van der Waals surface area contributed by atoms with E-state index >= 15 is 0 Å². The van der Waals surface area contributed by atoms with Crippen molar-refractivity contribution in [2.75, 3.05) is 11.1 Å². The van der Waals surface area contributed by atoms with Crippen molar-refractivity contribution in [2.24, 2.45) is 0 Å². The molecule has 1 amide bonds. The van der Waals surface area contributed by atoms with Crippen LogP contribution < -0.4 is 10.9 Å². The maximum Gasteiger partial charge on any atom is 0.260 e. The lowest BCUT2D eigenvalue weighted by Gasteiger charge is -2.05. The van der Waals surface area contributed by atoms with Crippen LogP contribution >= 0.6 is 34.7 Å². The number of thioether (sulfide) groups is 1. The van der Waals surface area contributed by atoms with Crippen molar-refractivity contribution in [3.05, 3.63) is 81.2 Å². The number of nitrogens with one attached hydrogen (secondary N) is 2. The summed E-state index contributed by atoms with van der Waals surface area (Å²) >= 11 is 8.68. The van der Waals surface area contributed by atoms with Crippen LogP contribution in [0.2, 0.25) is 5.02 Å². The molecule has 0 atom stereocenters. The molecule has 29 heavy (non-hydrogen) atoms. The standard InChI is InChI=1S/C21H16ClN3O2S2/c22-14-6-8-15(9-7-14)23-18(26)12-28-11-17-24-20(27)19-16(10-29-21(19)25-17)13-4-2-1-3-5-13/h1-10H,11-12H2,(H,23,26)(H,24,25,27). The fourth-order valence-corrected chi connectivity index (χ4v) is 4.65. The Bertz CT molecular complexity index is 1200. The second kappa shape index (κ2) is 8.82. The number of carbonyl (C=O) groups is 1. The summed E-state index contributed by atoms with van der Waals surface area (Å²) in [4.78, 5) is 32.8. The molecule has 5 nitrogen and oxygen atoms in total. The molecule has 4 aromatic rings. The molecule has 0 aliphatic rings. The molecule has 0 unspecified atom stereocenters. The van der Waals surface area contributed by atoms with Crippen LogP contribution in [0, 0.1) is 0 Å². The van der Waals surface area contributed by atoms with Gasteiger partial charge in [-0.15, -0.1) is 23.1 Å². The Balaban J connectivity index is 1.42. The molecule has 146 valence electrons. The number of benzene rings is 2. The summed E-state index contributed by atoms with van der Waals surface area (Å²) in [6, 6.07) is 16.7. The average Bonchev–Trinajstić information content (AvgIpc) is 3.15. The number of hydrogen-bond donors (Lipinski definition) is 2. The van der Waals surface area contributed by atoms with E-state index in [1.54, 1.807) is 24.3 Å². The summed E-state index contributed by atoms with van der Waals surface area (Å²) in [6.07, 6.45) is 0. The summed E-state index contributed by atoms with van der Waals surface area (Å²) < 4.78 is 0. The van der Waals surface area contributed by atoms with Crippen molar-refractivity contribution in [2.45, 2.75) is 5.75 Å². The number of fused-ring (bicyclic) bond motifs is 1. The Morgan fingerprint density at radius 2 is 1.90 bits per heavy atom. The first-order valence-corrected chi connectivity index (χ1v) is 11.2. The van der Waals surface area contributed by atoms with E-state index in [1.165, 1.54) is 23.1 Å². The lowest BCUT2D eigenvalue weighted by molar-refractivity contribution is -0.113. The van der Waals surface area contributed by atoms with Gasteiger partial charge < -0.3 is 10.3 Å². The maximum atomic E-state index is 12.6. The van der Waals surface area contributed by atoms with Crippen molar-refractivity contribution >= 4 is 56.5 Å². The van der Waals surface area contributed by atoms with Gasteiger partial charge in [-0.05, 0) is 29.8 Å².